The molecule has 1 amide bonds. The lowest BCUT2D eigenvalue weighted by atomic mass is 9.98. The number of Topliss-reactive ketones (excluding diaryl/α,β-unsaturated/α-hetero) is 1. The molecule has 2 aromatic rings. The van der Waals surface area contributed by atoms with Crippen LogP contribution in [-0.4, -0.2) is 41.1 Å². The lowest BCUT2D eigenvalue weighted by Crippen LogP contribution is -2.35. The van der Waals surface area contributed by atoms with E-state index in [9.17, 15) is 9.59 Å². The maximum absolute atomic E-state index is 12.1. The van der Waals surface area contributed by atoms with Crippen LogP contribution in [0.2, 0.25) is 0 Å². The van der Waals surface area contributed by atoms with E-state index in [0.717, 1.165) is 22.4 Å². The third-order valence-electron chi connectivity index (χ3n) is 4.68. The largest absolute Gasteiger partial charge is 0.378 e. The summed E-state index contributed by atoms with van der Waals surface area (Å²) in [4.78, 5) is 23.6. The number of benzene rings is 1. The van der Waals surface area contributed by atoms with Crippen molar-refractivity contribution in [2.75, 3.05) is 19.6 Å². The summed E-state index contributed by atoms with van der Waals surface area (Å²) in [6.07, 6.45) is 4.20. The van der Waals surface area contributed by atoms with Gasteiger partial charge in [-0.1, -0.05) is 38.6 Å². The highest BCUT2D eigenvalue weighted by molar-refractivity contribution is 5.82. The van der Waals surface area contributed by atoms with Crippen LogP contribution in [0.25, 0.3) is 5.70 Å². The minimum atomic E-state index is -0.0407. The Kier molecular flexibility index (Phi) is 8.61. The van der Waals surface area contributed by atoms with Gasteiger partial charge < -0.3 is 16.0 Å². The van der Waals surface area contributed by atoms with E-state index in [1.807, 2.05) is 44.4 Å². The number of ketones is 1. The van der Waals surface area contributed by atoms with E-state index in [1.165, 1.54) is 0 Å². The third-order valence-corrected chi connectivity index (χ3v) is 4.68. The highest BCUT2D eigenvalue weighted by Gasteiger charge is 2.10. The van der Waals surface area contributed by atoms with Gasteiger partial charge >= 0.3 is 0 Å². The molecular weight excluding hydrogens is 366 g/mol. The van der Waals surface area contributed by atoms with E-state index in [1.54, 1.807) is 10.9 Å². The molecule has 0 saturated heterocycles. The molecule has 0 radical (unpaired) electrons. The van der Waals surface area contributed by atoms with Gasteiger partial charge in [0.05, 0.1) is 19.3 Å². The Morgan fingerprint density at radius 1 is 1.28 bits per heavy atom. The van der Waals surface area contributed by atoms with Crippen LogP contribution in [0.1, 0.15) is 45.7 Å². The third kappa shape index (κ3) is 7.54. The normalized spacial score (nSPS) is 11.7. The highest BCUT2D eigenvalue weighted by atomic mass is 16.2. The standard InChI is InChI=1S/C22H31N5O2.2H2/c1-5-21(28)13-24-17(3)20-8-6-7-19(9-20)16(2)10-25-22(29)14-23-11-18-12-26-27(4)15-18;;/h6-9,12,15-16,23-24H,3,5,10-11,13-14H2,1-2,4H3,(H,25,29);2*1H. The second kappa shape index (κ2) is 11.2. The second-order valence-corrected chi connectivity index (χ2v) is 7.18. The monoisotopic (exact) mass is 401 g/mol. The first-order chi connectivity index (χ1) is 13.9. The van der Waals surface area contributed by atoms with Crippen LogP contribution in [-0.2, 0) is 23.2 Å². The lowest BCUT2D eigenvalue weighted by Gasteiger charge is -2.16. The Bertz CT molecular complexity index is 854. The number of carbonyl (C=O) groups is 2. The van der Waals surface area contributed by atoms with Crippen LogP contribution in [0.15, 0.2) is 43.2 Å². The Morgan fingerprint density at radius 2 is 2.07 bits per heavy atom. The van der Waals surface area contributed by atoms with Crippen molar-refractivity contribution in [3.63, 3.8) is 0 Å². The van der Waals surface area contributed by atoms with Gasteiger partial charge in [-0.25, -0.2) is 0 Å². The van der Waals surface area contributed by atoms with Gasteiger partial charge in [-0.15, -0.1) is 0 Å². The van der Waals surface area contributed by atoms with Crippen LogP contribution in [0.5, 0.6) is 0 Å². The van der Waals surface area contributed by atoms with Gasteiger partial charge in [0.25, 0.3) is 0 Å². The van der Waals surface area contributed by atoms with E-state index in [-0.39, 0.29) is 33.6 Å². The number of aromatic nitrogens is 2. The molecule has 7 heteroatoms. The molecule has 3 N–H and O–H groups in total. The van der Waals surface area contributed by atoms with Crippen molar-refractivity contribution in [3.05, 3.63) is 59.9 Å². The average Bonchev–Trinajstić information content (AvgIpc) is 3.14. The second-order valence-electron chi connectivity index (χ2n) is 7.18. The van der Waals surface area contributed by atoms with E-state index < -0.39 is 0 Å². The number of hydrogen-bond donors (Lipinski definition) is 3. The quantitative estimate of drug-likeness (QED) is 0.508. The molecule has 1 aromatic carbocycles. The first-order valence-corrected chi connectivity index (χ1v) is 9.88. The van der Waals surface area contributed by atoms with Crippen molar-refractivity contribution in [1.29, 1.82) is 0 Å². The summed E-state index contributed by atoms with van der Waals surface area (Å²) in [5.41, 5.74) is 3.82. The topological polar surface area (TPSA) is 88.1 Å². The summed E-state index contributed by atoms with van der Waals surface area (Å²) in [5.74, 6) is 0.263. The molecular formula is C22H35N5O2. The van der Waals surface area contributed by atoms with Gasteiger partial charge in [0.1, 0.15) is 0 Å². The molecule has 0 fully saturated rings. The molecule has 1 aromatic heterocycles. The maximum atomic E-state index is 12.1. The zero-order valence-corrected chi connectivity index (χ0v) is 17.5. The van der Waals surface area contributed by atoms with Crippen molar-refractivity contribution in [2.24, 2.45) is 7.05 Å². The highest BCUT2D eigenvalue weighted by Crippen LogP contribution is 2.19. The molecule has 7 nitrogen and oxygen atoms in total. The molecule has 0 spiro atoms. The fourth-order valence-electron chi connectivity index (χ4n) is 2.80. The van der Waals surface area contributed by atoms with Crippen molar-refractivity contribution in [3.8, 4) is 0 Å². The molecule has 29 heavy (non-hydrogen) atoms. The summed E-state index contributed by atoms with van der Waals surface area (Å²) in [7, 11) is 1.86. The number of nitrogens with zero attached hydrogens (tertiary/aromatic N) is 2. The summed E-state index contributed by atoms with van der Waals surface area (Å²) >= 11 is 0. The van der Waals surface area contributed by atoms with Crippen molar-refractivity contribution >= 4 is 17.4 Å². The number of hydrogen-bond acceptors (Lipinski definition) is 5. The Balaban J connectivity index is 0.00000450. The van der Waals surface area contributed by atoms with Crippen molar-refractivity contribution in [2.45, 2.75) is 32.7 Å². The Labute approximate surface area is 175 Å². The van der Waals surface area contributed by atoms with E-state index >= 15 is 0 Å². The van der Waals surface area contributed by atoms with Crippen LogP contribution in [0.3, 0.4) is 0 Å². The molecule has 0 bridgehead atoms. The van der Waals surface area contributed by atoms with Gasteiger partial charge in [-0.3, -0.25) is 14.3 Å². The fourth-order valence-corrected chi connectivity index (χ4v) is 2.80. The van der Waals surface area contributed by atoms with E-state index in [4.69, 9.17) is 0 Å². The van der Waals surface area contributed by atoms with Crippen LogP contribution in [0, 0.1) is 0 Å². The summed E-state index contributed by atoms with van der Waals surface area (Å²) in [6, 6.07) is 8.00. The van der Waals surface area contributed by atoms with Gasteiger partial charge in [0.2, 0.25) is 5.91 Å². The molecule has 1 heterocycles. The number of amides is 1. The van der Waals surface area contributed by atoms with E-state index in [2.05, 4.69) is 34.6 Å². The summed E-state index contributed by atoms with van der Waals surface area (Å²) < 4.78 is 1.73. The Morgan fingerprint density at radius 3 is 2.76 bits per heavy atom. The molecule has 0 saturated carbocycles. The van der Waals surface area contributed by atoms with Crippen LogP contribution in [0.4, 0.5) is 0 Å². The molecule has 0 aliphatic heterocycles. The van der Waals surface area contributed by atoms with Crippen molar-refractivity contribution in [1.82, 2.24) is 25.7 Å². The molecule has 160 valence electrons. The average molecular weight is 402 g/mol. The van der Waals surface area contributed by atoms with Gasteiger partial charge in [-0.2, -0.15) is 5.10 Å². The van der Waals surface area contributed by atoms with Crippen LogP contribution < -0.4 is 16.0 Å². The first kappa shape index (κ1) is 22.4. The number of nitrogens with one attached hydrogen (secondary N) is 3. The molecule has 0 aliphatic rings. The molecule has 0 aliphatic carbocycles. The predicted molar refractivity (Wildman–Crippen MR) is 119 cm³/mol. The summed E-state index contributed by atoms with van der Waals surface area (Å²) in [6.45, 7) is 9.63. The van der Waals surface area contributed by atoms with Crippen molar-refractivity contribution < 1.29 is 12.4 Å². The molecule has 1 unspecified atom stereocenters. The van der Waals surface area contributed by atoms with Crippen LogP contribution >= 0.6 is 0 Å². The fraction of sp³-hybridized carbons (Fsp3) is 0.409. The Hall–Kier alpha value is -2.93. The van der Waals surface area contributed by atoms with Gasteiger partial charge in [-0.05, 0) is 23.1 Å². The molecule has 2 rings (SSSR count). The SMILES string of the molecule is C=C(NCC(=O)CC)c1cccc(C(C)CNC(=O)CNCc2cnn(C)c2)c1.[HH].[HH]. The minimum Gasteiger partial charge on any atom is -0.378 e. The number of rotatable bonds is 12. The summed E-state index contributed by atoms with van der Waals surface area (Å²) in [5, 5.41) is 13.3. The maximum Gasteiger partial charge on any atom is 0.233 e. The zero-order valence-electron chi connectivity index (χ0n) is 17.5. The zero-order chi connectivity index (χ0) is 21.2. The smallest absolute Gasteiger partial charge is 0.233 e. The van der Waals surface area contributed by atoms with Gasteiger partial charge in [0.15, 0.2) is 5.78 Å². The first-order valence-electron chi connectivity index (χ1n) is 9.88. The lowest BCUT2D eigenvalue weighted by molar-refractivity contribution is -0.120. The molecule has 1 atom stereocenters. The van der Waals surface area contributed by atoms with Gasteiger partial charge in [0, 0.05) is 46.9 Å². The predicted octanol–water partition coefficient (Wildman–Crippen LogP) is 2.46. The number of carbonyl (C=O) groups excluding carboxylic acids is 2. The number of aryl methyl sites for hydroxylation is 1. The minimum absolute atomic E-state index is 0. The van der Waals surface area contributed by atoms with E-state index in [0.29, 0.717) is 19.5 Å².